The molecule has 1 fully saturated rings. The Morgan fingerprint density at radius 2 is 2.33 bits per heavy atom. The standard InChI is InChI=1S/C12H15ClN4S/c1-17(8-2-3-8)6-5-14-10-9-4-7-18-11(9)16-12(13)15-10/h4,7-8H,2-3,5-6H2,1H3,(H,14,15,16). The molecule has 0 spiro atoms. The molecular formula is C12H15ClN4S. The van der Waals surface area contributed by atoms with Gasteiger partial charge in [-0.25, -0.2) is 9.97 Å². The van der Waals surface area contributed by atoms with E-state index < -0.39 is 0 Å². The first-order valence-electron chi connectivity index (χ1n) is 6.09. The Balaban J connectivity index is 1.67. The molecule has 1 aliphatic carbocycles. The average molecular weight is 283 g/mol. The molecule has 18 heavy (non-hydrogen) atoms. The van der Waals surface area contributed by atoms with E-state index in [0.29, 0.717) is 5.28 Å². The summed E-state index contributed by atoms with van der Waals surface area (Å²) in [6.07, 6.45) is 2.68. The maximum atomic E-state index is 5.92. The molecule has 1 saturated carbocycles. The molecule has 0 aromatic carbocycles. The van der Waals surface area contributed by atoms with Gasteiger partial charge in [-0.05, 0) is 42.9 Å². The van der Waals surface area contributed by atoms with Crippen LogP contribution in [-0.4, -0.2) is 41.0 Å². The number of hydrogen-bond acceptors (Lipinski definition) is 5. The summed E-state index contributed by atoms with van der Waals surface area (Å²) in [4.78, 5) is 11.8. The second kappa shape index (κ2) is 4.99. The molecule has 0 aliphatic heterocycles. The van der Waals surface area contributed by atoms with Crippen molar-refractivity contribution in [3.8, 4) is 0 Å². The van der Waals surface area contributed by atoms with Crippen LogP contribution in [0.3, 0.4) is 0 Å². The SMILES string of the molecule is CN(CCNc1nc(Cl)nc2sccc12)C1CC1. The van der Waals surface area contributed by atoms with Crippen molar-refractivity contribution in [2.45, 2.75) is 18.9 Å². The van der Waals surface area contributed by atoms with Crippen LogP contribution in [-0.2, 0) is 0 Å². The first-order chi connectivity index (χ1) is 8.74. The monoisotopic (exact) mass is 282 g/mol. The van der Waals surface area contributed by atoms with Gasteiger partial charge in [0.2, 0.25) is 5.28 Å². The molecule has 2 heterocycles. The Hall–Kier alpha value is -0.910. The normalized spacial score (nSPS) is 15.5. The second-order valence-corrected chi connectivity index (χ2v) is 5.85. The van der Waals surface area contributed by atoms with Gasteiger partial charge in [0.25, 0.3) is 0 Å². The summed E-state index contributed by atoms with van der Waals surface area (Å²) in [5.41, 5.74) is 0. The van der Waals surface area contributed by atoms with Gasteiger partial charge in [-0.15, -0.1) is 11.3 Å². The predicted octanol–water partition coefficient (Wildman–Crippen LogP) is 2.85. The molecule has 0 bridgehead atoms. The fraction of sp³-hybridized carbons (Fsp3) is 0.500. The van der Waals surface area contributed by atoms with E-state index in [4.69, 9.17) is 11.6 Å². The van der Waals surface area contributed by atoms with Crippen molar-refractivity contribution in [1.29, 1.82) is 0 Å². The minimum absolute atomic E-state index is 0.308. The fourth-order valence-corrected chi connectivity index (χ4v) is 3.00. The van der Waals surface area contributed by atoms with E-state index in [-0.39, 0.29) is 0 Å². The summed E-state index contributed by atoms with van der Waals surface area (Å²) in [5.74, 6) is 0.843. The van der Waals surface area contributed by atoms with Crippen LogP contribution in [0.15, 0.2) is 11.4 Å². The predicted molar refractivity (Wildman–Crippen MR) is 76.6 cm³/mol. The van der Waals surface area contributed by atoms with Gasteiger partial charge in [0.05, 0.1) is 5.39 Å². The lowest BCUT2D eigenvalue weighted by molar-refractivity contribution is 0.337. The zero-order chi connectivity index (χ0) is 12.5. The van der Waals surface area contributed by atoms with Crippen LogP contribution in [0.1, 0.15) is 12.8 Å². The van der Waals surface area contributed by atoms with E-state index in [9.17, 15) is 0 Å². The summed E-state index contributed by atoms with van der Waals surface area (Å²) in [5, 5.41) is 6.73. The molecule has 1 N–H and O–H groups in total. The molecule has 3 rings (SSSR count). The molecule has 1 aliphatic rings. The highest BCUT2D eigenvalue weighted by molar-refractivity contribution is 7.16. The van der Waals surface area contributed by atoms with E-state index >= 15 is 0 Å². The number of hydrogen-bond donors (Lipinski definition) is 1. The maximum absolute atomic E-state index is 5.92. The molecular weight excluding hydrogens is 268 g/mol. The first kappa shape index (κ1) is 12.1. The molecule has 0 atom stereocenters. The summed E-state index contributed by atoms with van der Waals surface area (Å²) in [7, 11) is 2.17. The molecule has 0 radical (unpaired) electrons. The van der Waals surface area contributed by atoms with Gasteiger partial charge in [-0.2, -0.15) is 0 Å². The molecule has 96 valence electrons. The van der Waals surface area contributed by atoms with Crippen LogP contribution >= 0.6 is 22.9 Å². The Morgan fingerprint density at radius 1 is 1.50 bits per heavy atom. The van der Waals surface area contributed by atoms with Crippen LogP contribution in [0.25, 0.3) is 10.2 Å². The van der Waals surface area contributed by atoms with Crippen LogP contribution in [0.5, 0.6) is 0 Å². The van der Waals surface area contributed by atoms with Gasteiger partial charge < -0.3 is 10.2 Å². The fourth-order valence-electron chi connectivity index (χ4n) is 2.01. The number of likely N-dealkylation sites (N-methyl/N-ethyl adjacent to an activating group) is 1. The van der Waals surface area contributed by atoms with Crippen LogP contribution in [0.2, 0.25) is 5.28 Å². The molecule has 0 amide bonds. The molecule has 2 aromatic heterocycles. The highest BCUT2D eigenvalue weighted by Crippen LogP contribution is 2.27. The number of nitrogens with one attached hydrogen (secondary N) is 1. The summed E-state index contributed by atoms with van der Waals surface area (Å²) < 4.78 is 0. The number of halogens is 1. The van der Waals surface area contributed by atoms with Crippen molar-refractivity contribution in [1.82, 2.24) is 14.9 Å². The summed E-state index contributed by atoms with van der Waals surface area (Å²) >= 11 is 7.50. The van der Waals surface area contributed by atoms with Gasteiger partial charge in [0.1, 0.15) is 10.6 Å². The third-order valence-corrected chi connectivity index (χ3v) is 4.20. The number of aromatic nitrogens is 2. The highest BCUT2D eigenvalue weighted by atomic mass is 35.5. The van der Waals surface area contributed by atoms with Gasteiger partial charge >= 0.3 is 0 Å². The van der Waals surface area contributed by atoms with Gasteiger partial charge in [0.15, 0.2) is 0 Å². The highest BCUT2D eigenvalue weighted by Gasteiger charge is 2.25. The van der Waals surface area contributed by atoms with Crippen LogP contribution < -0.4 is 5.32 Å². The smallest absolute Gasteiger partial charge is 0.225 e. The van der Waals surface area contributed by atoms with Crippen molar-refractivity contribution < 1.29 is 0 Å². The third-order valence-electron chi connectivity index (χ3n) is 3.22. The van der Waals surface area contributed by atoms with Crippen molar-refractivity contribution in [2.75, 3.05) is 25.5 Å². The lowest BCUT2D eigenvalue weighted by Crippen LogP contribution is -2.27. The minimum Gasteiger partial charge on any atom is -0.368 e. The maximum Gasteiger partial charge on any atom is 0.225 e. The lowest BCUT2D eigenvalue weighted by atomic mass is 10.4. The van der Waals surface area contributed by atoms with Crippen LogP contribution in [0, 0.1) is 0 Å². The van der Waals surface area contributed by atoms with Gasteiger partial charge in [-0.1, -0.05) is 0 Å². The van der Waals surface area contributed by atoms with Gasteiger partial charge in [0, 0.05) is 19.1 Å². The Labute approximate surface area is 115 Å². The Bertz CT molecular complexity index is 552. The number of anilines is 1. The van der Waals surface area contributed by atoms with E-state index in [2.05, 4.69) is 27.2 Å². The zero-order valence-corrected chi connectivity index (χ0v) is 11.8. The number of fused-ring (bicyclic) bond motifs is 1. The topological polar surface area (TPSA) is 41.0 Å². The van der Waals surface area contributed by atoms with E-state index in [1.165, 1.54) is 12.8 Å². The molecule has 6 heteroatoms. The van der Waals surface area contributed by atoms with Crippen molar-refractivity contribution >= 4 is 39.0 Å². The summed E-state index contributed by atoms with van der Waals surface area (Å²) in [6.45, 7) is 1.91. The summed E-state index contributed by atoms with van der Waals surface area (Å²) in [6, 6.07) is 2.82. The quantitative estimate of drug-likeness (QED) is 0.856. The largest absolute Gasteiger partial charge is 0.368 e. The van der Waals surface area contributed by atoms with E-state index in [0.717, 1.165) is 35.2 Å². The first-order valence-corrected chi connectivity index (χ1v) is 7.34. The van der Waals surface area contributed by atoms with Gasteiger partial charge in [-0.3, -0.25) is 0 Å². The van der Waals surface area contributed by atoms with E-state index in [1.54, 1.807) is 11.3 Å². The molecule has 4 nitrogen and oxygen atoms in total. The second-order valence-electron chi connectivity index (χ2n) is 4.62. The molecule has 2 aromatic rings. The Kier molecular flexibility index (Phi) is 3.37. The number of thiophene rings is 1. The lowest BCUT2D eigenvalue weighted by Gasteiger charge is -2.16. The molecule has 0 unspecified atom stereocenters. The van der Waals surface area contributed by atoms with Crippen LogP contribution in [0.4, 0.5) is 5.82 Å². The van der Waals surface area contributed by atoms with Crippen molar-refractivity contribution in [3.63, 3.8) is 0 Å². The number of rotatable bonds is 5. The van der Waals surface area contributed by atoms with Crippen molar-refractivity contribution in [2.24, 2.45) is 0 Å². The Morgan fingerprint density at radius 3 is 3.11 bits per heavy atom. The number of nitrogens with zero attached hydrogens (tertiary/aromatic N) is 3. The zero-order valence-electron chi connectivity index (χ0n) is 10.2. The average Bonchev–Trinajstić information content (AvgIpc) is 3.08. The van der Waals surface area contributed by atoms with Crippen molar-refractivity contribution in [3.05, 3.63) is 16.7 Å². The third kappa shape index (κ3) is 2.58. The van der Waals surface area contributed by atoms with E-state index in [1.807, 2.05) is 11.4 Å². The molecule has 0 saturated heterocycles. The minimum atomic E-state index is 0.308.